The van der Waals surface area contributed by atoms with E-state index in [0.717, 1.165) is 6.26 Å². The molecule has 3 heterocycles. The van der Waals surface area contributed by atoms with Crippen LogP contribution >= 0.6 is 0 Å². The summed E-state index contributed by atoms with van der Waals surface area (Å²) in [5.41, 5.74) is 2.41. The maximum Gasteiger partial charge on any atom is 0.422 e. The number of ether oxygens (including phenoxy) is 1. The largest absolute Gasteiger partial charge is 0.468 e. The van der Waals surface area contributed by atoms with Crippen LogP contribution in [0.2, 0.25) is 0 Å². The van der Waals surface area contributed by atoms with Crippen molar-refractivity contribution < 1.29 is 35.9 Å². The van der Waals surface area contributed by atoms with Crippen molar-refractivity contribution >= 4 is 21.7 Å². The number of aromatic nitrogens is 2. The summed E-state index contributed by atoms with van der Waals surface area (Å²) in [5, 5.41) is 2.53. The van der Waals surface area contributed by atoms with Gasteiger partial charge in [0.1, 0.15) is 9.84 Å². The molecule has 2 aromatic heterocycles. The molecule has 1 aliphatic rings. The van der Waals surface area contributed by atoms with Gasteiger partial charge in [0.05, 0.1) is 23.9 Å². The fraction of sp³-hybridized carbons (Fsp3) is 0.455. The van der Waals surface area contributed by atoms with Crippen LogP contribution < -0.4 is 10.1 Å². The summed E-state index contributed by atoms with van der Waals surface area (Å²) in [7, 11) is -3.21. The van der Waals surface area contributed by atoms with E-state index in [-0.39, 0.29) is 37.1 Å². The minimum absolute atomic E-state index is 0.0240. The molecule has 1 atom stereocenters. The summed E-state index contributed by atoms with van der Waals surface area (Å²) in [6.45, 7) is 2.04. The molecule has 2 amide bonds. The Labute approximate surface area is 200 Å². The van der Waals surface area contributed by atoms with E-state index in [1.165, 1.54) is 12.4 Å². The molecule has 0 spiro atoms. The molecule has 0 aromatic carbocycles. The standard InChI is InChI=1S/C22H25F3N4O5S/c1-13-8-15(10-28-20(13)34-12-22(23,24)25)14(2)29-11-17-16(21(29)31)4-5-26-18(17)9-19(30)27-6-7-35(3,32)33/h4-5,8,10,14H,6-7,9,11-12H2,1-3H3,(H,27,30). The quantitative estimate of drug-likeness (QED) is 0.545. The van der Waals surface area contributed by atoms with Crippen molar-refractivity contribution in [3.63, 3.8) is 0 Å². The molecule has 35 heavy (non-hydrogen) atoms. The minimum atomic E-state index is -4.48. The molecule has 1 aliphatic heterocycles. The lowest BCUT2D eigenvalue weighted by atomic mass is 10.1. The van der Waals surface area contributed by atoms with Gasteiger partial charge in [0.25, 0.3) is 5.91 Å². The summed E-state index contributed by atoms with van der Waals surface area (Å²) in [5.74, 6) is -1.01. The number of alkyl halides is 3. The number of aryl methyl sites for hydroxylation is 1. The summed E-state index contributed by atoms with van der Waals surface area (Å²) in [4.78, 5) is 35.1. The molecule has 9 nitrogen and oxygen atoms in total. The third kappa shape index (κ3) is 6.90. The van der Waals surface area contributed by atoms with Gasteiger partial charge in [-0.05, 0) is 31.5 Å². The molecule has 2 aromatic rings. The van der Waals surface area contributed by atoms with Gasteiger partial charge in [-0.25, -0.2) is 13.4 Å². The average molecular weight is 515 g/mol. The molecule has 0 bridgehead atoms. The highest BCUT2D eigenvalue weighted by Gasteiger charge is 2.34. The van der Waals surface area contributed by atoms with Gasteiger partial charge in [0.2, 0.25) is 11.8 Å². The van der Waals surface area contributed by atoms with Crippen LogP contribution in [0.15, 0.2) is 24.5 Å². The van der Waals surface area contributed by atoms with Crippen LogP contribution in [0.25, 0.3) is 0 Å². The highest BCUT2D eigenvalue weighted by molar-refractivity contribution is 7.90. The van der Waals surface area contributed by atoms with Crippen molar-refractivity contribution in [2.24, 2.45) is 0 Å². The first-order valence-electron chi connectivity index (χ1n) is 10.6. The topological polar surface area (TPSA) is 119 Å². The summed E-state index contributed by atoms with van der Waals surface area (Å²) in [6, 6.07) is 2.72. The maximum atomic E-state index is 13.1. The van der Waals surface area contributed by atoms with E-state index in [0.29, 0.717) is 27.9 Å². The fourth-order valence-electron chi connectivity index (χ4n) is 3.66. The Hall–Kier alpha value is -3.22. The van der Waals surface area contributed by atoms with Gasteiger partial charge in [-0.1, -0.05) is 0 Å². The van der Waals surface area contributed by atoms with Crippen molar-refractivity contribution in [3.8, 4) is 5.88 Å². The average Bonchev–Trinajstić information content (AvgIpc) is 3.08. The predicted octanol–water partition coefficient (Wildman–Crippen LogP) is 2.15. The Morgan fingerprint density at radius 2 is 2.03 bits per heavy atom. The molecule has 0 fully saturated rings. The van der Waals surface area contributed by atoms with E-state index in [1.54, 1.807) is 30.9 Å². The molecule has 0 radical (unpaired) electrons. The van der Waals surface area contributed by atoms with E-state index in [1.807, 2.05) is 0 Å². The van der Waals surface area contributed by atoms with Gasteiger partial charge in [0.15, 0.2) is 6.61 Å². The van der Waals surface area contributed by atoms with Crippen LogP contribution in [0.1, 0.15) is 45.7 Å². The lowest BCUT2D eigenvalue weighted by Gasteiger charge is -2.25. The number of carbonyl (C=O) groups excluding carboxylic acids is 2. The Kier molecular flexibility index (Phi) is 7.68. The fourth-order valence-corrected chi connectivity index (χ4v) is 4.13. The smallest absolute Gasteiger partial charge is 0.422 e. The zero-order valence-electron chi connectivity index (χ0n) is 19.3. The first-order chi connectivity index (χ1) is 16.2. The van der Waals surface area contributed by atoms with E-state index in [9.17, 15) is 31.2 Å². The van der Waals surface area contributed by atoms with Crippen molar-refractivity contribution in [1.82, 2.24) is 20.2 Å². The summed E-state index contributed by atoms with van der Waals surface area (Å²) >= 11 is 0. The maximum absolute atomic E-state index is 13.1. The SMILES string of the molecule is Cc1cc(C(C)N2Cc3c(ccnc3CC(=O)NCCS(C)(=O)=O)C2=O)cnc1OCC(F)(F)F. The Bertz CT molecular complexity index is 1230. The molecule has 190 valence electrons. The van der Waals surface area contributed by atoms with Crippen LogP contribution in [0.3, 0.4) is 0 Å². The number of halogens is 3. The number of nitrogens with zero attached hydrogens (tertiary/aromatic N) is 3. The zero-order chi connectivity index (χ0) is 26.0. The first-order valence-corrected chi connectivity index (χ1v) is 12.7. The second-order valence-electron chi connectivity index (χ2n) is 8.34. The van der Waals surface area contributed by atoms with Gasteiger partial charge < -0.3 is 15.0 Å². The molecule has 0 saturated carbocycles. The van der Waals surface area contributed by atoms with Gasteiger partial charge >= 0.3 is 6.18 Å². The third-order valence-corrected chi connectivity index (χ3v) is 6.41. The highest BCUT2D eigenvalue weighted by atomic mass is 32.2. The van der Waals surface area contributed by atoms with E-state index >= 15 is 0 Å². The van der Waals surface area contributed by atoms with Gasteiger partial charge in [-0.3, -0.25) is 14.6 Å². The van der Waals surface area contributed by atoms with Crippen molar-refractivity contribution in [2.45, 2.75) is 39.0 Å². The third-order valence-electron chi connectivity index (χ3n) is 5.46. The predicted molar refractivity (Wildman–Crippen MR) is 119 cm³/mol. The van der Waals surface area contributed by atoms with Crippen LogP contribution in [-0.4, -0.2) is 66.4 Å². The number of rotatable bonds is 9. The lowest BCUT2D eigenvalue weighted by molar-refractivity contribution is -0.154. The van der Waals surface area contributed by atoms with Crippen LogP contribution in [0.4, 0.5) is 13.2 Å². The van der Waals surface area contributed by atoms with Crippen molar-refractivity contribution in [1.29, 1.82) is 0 Å². The van der Waals surface area contributed by atoms with Gasteiger partial charge in [0, 0.05) is 48.4 Å². The van der Waals surface area contributed by atoms with Crippen LogP contribution in [0.5, 0.6) is 5.88 Å². The lowest BCUT2D eigenvalue weighted by Crippen LogP contribution is -2.30. The Balaban J connectivity index is 1.71. The van der Waals surface area contributed by atoms with Crippen LogP contribution in [0, 0.1) is 6.92 Å². The number of carbonyl (C=O) groups is 2. The molecule has 1 unspecified atom stereocenters. The minimum Gasteiger partial charge on any atom is -0.468 e. The summed E-state index contributed by atoms with van der Waals surface area (Å²) < 4.78 is 64.5. The monoisotopic (exact) mass is 514 g/mol. The van der Waals surface area contributed by atoms with Gasteiger partial charge in [-0.15, -0.1) is 0 Å². The van der Waals surface area contributed by atoms with E-state index in [4.69, 9.17) is 4.74 Å². The number of fused-ring (bicyclic) bond motifs is 1. The Morgan fingerprint density at radius 1 is 1.31 bits per heavy atom. The van der Waals surface area contributed by atoms with Crippen molar-refractivity contribution in [3.05, 3.63) is 52.5 Å². The van der Waals surface area contributed by atoms with Gasteiger partial charge in [-0.2, -0.15) is 13.2 Å². The molecule has 0 aliphatic carbocycles. The molecule has 3 rings (SSSR count). The highest BCUT2D eigenvalue weighted by Crippen LogP contribution is 2.33. The number of hydrogen-bond donors (Lipinski definition) is 1. The molecule has 13 heteroatoms. The van der Waals surface area contributed by atoms with E-state index in [2.05, 4.69) is 15.3 Å². The number of hydrogen-bond acceptors (Lipinski definition) is 7. The normalized spacial score (nSPS) is 14.6. The number of sulfone groups is 1. The second-order valence-corrected chi connectivity index (χ2v) is 10.6. The molecule has 0 saturated heterocycles. The first kappa shape index (κ1) is 26.4. The number of nitrogens with one attached hydrogen (secondary N) is 1. The molecular formula is C22H25F3N4O5S. The zero-order valence-corrected chi connectivity index (χ0v) is 20.2. The Morgan fingerprint density at radius 3 is 2.66 bits per heavy atom. The van der Waals surface area contributed by atoms with E-state index < -0.39 is 34.6 Å². The van der Waals surface area contributed by atoms with Crippen LogP contribution in [-0.2, 0) is 27.6 Å². The molecular weight excluding hydrogens is 489 g/mol. The molecule has 1 N–H and O–H groups in total. The summed E-state index contributed by atoms with van der Waals surface area (Å²) in [6.07, 6.45) is -0.721. The number of pyridine rings is 2. The second kappa shape index (κ2) is 10.2. The number of amides is 2. The van der Waals surface area contributed by atoms with Crippen molar-refractivity contribution in [2.75, 3.05) is 25.2 Å².